The van der Waals surface area contributed by atoms with Gasteiger partial charge < -0.3 is 10.1 Å². The van der Waals surface area contributed by atoms with E-state index in [1.54, 1.807) is 0 Å². The number of carbonyl (C=O) groups excluding carboxylic acids is 1. The predicted molar refractivity (Wildman–Crippen MR) is 89.3 cm³/mol. The molecule has 0 radical (unpaired) electrons. The Bertz CT molecular complexity index is 505. The number of hydrogen-bond donors (Lipinski definition) is 1. The molecule has 0 aromatic heterocycles. The first-order valence-electron chi connectivity index (χ1n) is 7.68. The van der Waals surface area contributed by atoms with Crippen LogP contribution in [0.2, 0.25) is 0 Å². The highest BCUT2D eigenvalue weighted by Crippen LogP contribution is 2.39. The fraction of sp³-hybridized carbons (Fsp3) is 0.588. The Morgan fingerprint density at radius 2 is 2.19 bits per heavy atom. The van der Waals surface area contributed by atoms with Crippen LogP contribution in [0, 0.1) is 11.8 Å². The molecule has 0 heterocycles. The van der Waals surface area contributed by atoms with Crippen LogP contribution in [-0.4, -0.2) is 18.1 Å². The Morgan fingerprint density at radius 3 is 2.81 bits per heavy atom. The fourth-order valence-corrected chi connectivity index (χ4v) is 3.47. The minimum atomic E-state index is -0.595. The van der Waals surface area contributed by atoms with Crippen molar-refractivity contribution in [2.24, 2.45) is 11.8 Å². The van der Waals surface area contributed by atoms with Crippen molar-refractivity contribution in [2.45, 2.75) is 45.6 Å². The Labute approximate surface area is 135 Å². The van der Waals surface area contributed by atoms with E-state index >= 15 is 0 Å². The van der Waals surface area contributed by atoms with Crippen LogP contribution < -0.4 is 5.32 Å². The zero-order valence-electron chi connectivity index (χ0n) is 13.0. The van der Waals surface area contributed by atoms with E-state index in [1.807, 2.05) is 31.2 Å². The van der Waals surface area contributed by atoms with Crippen LogP contribution in [0.25, 0.3) is 0 Å². The summed E-state index contributed by atoms with van der Waals surface area (Å²) in [6.45, 7) is 6.77. The molecule has 3 unspecified atom stereocenters. The average molecular weight is 354 g/mol. The largest absolute Gasteiger partial charge is 0.464 e. The second kappa shape index (κ2) is 6.82. The van der Waals surface area contributed by atoms with Gasteiger partial charge in [-0.3, -0.25) is 0 Å². The molecule has 1 fully saturated rings. The quantitative estimate of drug-likeness (QED) is 0.802. The maximum atomic E-state index is 12.6. The highest BCUT2D eigenvalue weighted by atomic mass is 79.9. The molecular weight excluding hydrogens is 330 g/mol. The van der Waals surface area contributed by atoms with Crippen LogP contribution >= 0.6 is 15.9 Å². The van der Waals surface area contributed by atoms with E-state index in [2.05, 4.69) is 35.1 Å². The SMILES string of the molecule is CCOC(=O)C1(Nc2cccc(Br)c2)CCC(C)C(C)C1. The lowest BCUT2D eigenvalue weighted by atomic mass is 9.71. The van der Waals surface area contributed by atoms with E-state index < -0.39 is 5.54 Å². The molecule has 1 aliphatic rings. The number of nitrogens with one attached hydrogen (secondary N) is 1. The van der Waals surface area contributed by atoms with Crippen molar-refractivity contribution < 1.29 is 9.53 Å². The van der Waals surface area contributed by atoms with Crippen molar-refractivity contribution in [3.63, 3.8) is 0 Å². The molecule has 1 saturated carbocycles. The summed E-state index contributed by atoms with van der Waals surface area (Å²) in [6.07, 6.45) is 2.68. The lowest BCUT2D eigenvalue weighted by Crippen LogP contribution is -2.52. The van der Waals surface area contributed by atoms with Crippen LogP contribution in [0.1, 0.15) is 40.0 Å². The van der Waals surface area contributed by atoms with Gasteiger partial charge in [0.25, 0.3) is 0 Å². The summed E-state index contributed by atoms with van der Waals surface area (Å²) in [5, 5.41) is 3.47. The van der Waals surface area contributed by atoms with Crippen LogP contribution in [0.3, 0.4) is 0 Å². The van der Waals surface area contributed by atoms with Gasteiger partial charge in [0, 0.05) is 10.2 Å². The fourth-order valence-electron chi connectivity index (χ4n) is 3.07. The molecule has 0 amide bonds. The number of ether oxygens (including phenoxy) is 1. The molecule has 1 aliphatic carbocycles. The molecule has 116 valence electrons. The number of halogens is 1. The summed E-state index contributed by atoms with van der Waals surface area (Å²) in [7, 11) is 0. The van der Waals surface area contributed by atoms with E-state index in [4.69, 9.17) is 4.74 Å². The first-order chi connectivity index (χ1) is 9.97. The zero-order chi connectivity index (χ0) is 15.5. The van der Waals surface area contributed by atoms with Gasteiger partial charge in [-0.05, 0) is 56.2 Å². The Hall–Kier alpha value is -1.03. The predicted octanol–water partition coefficient (Wildman–Crippen LogP) is 4.62. The number of hydrogen-bond acceptors (Lipinski definition) is 3. The molecule has 3 atom stereocenters. The lowest BCUT2D eigenvalue weighted by Gasteiger charge is -2.42. The minimum Gasteiger partial charge on any atom is -0.464 e. The van der Waals surface area contributed by atoms with Crippen molar-refractivity contribution in [1.29, 1.82) is 0 Å². The van der Waals surface area contributed by atoms with Gasteiger partial charge in [-0.25, -0.2) is 4.79 Å². The van der Waals surface area contributed by atoms with E-state index in [1.165, 1.54) is 0 Å². The van der Waals surface area contributed by atoms with Gasteiger partial charge in [0.2, 0.25) is 0 Å². The van der Waals surface area contributed by atoms with E-state index in [0.717, 1.165) is 29.4 Å². The molecule has 2 rings (SSSR count). The molecular formula is C17H24BrNO2. The summed E-state index contributed by atoms with van der Waals surface area (Å²) in [6, 6.07) is 7.95. The maximum absolute atomic E-state index is 12.6. The van der Waals surface area contributed by atoms with Crippen molar-refractivity contribution in [3.05, 3.63) is 28.7 Å². The topological polar surface area (TPSA) is 38.3 Å². The van der Waals surface area contributed by atoms with Crippen molar-refractivity contribution in [2.75, 3.05) is 11.9 Å². The van der Waals surface area contributed by atoms with Crippen LogP contribution in [0.5, 0.6) is 0 Å². The smallest absolute Gasteiger partial charge is 0.331 e. The normalized spacial score (nSPS) is 29.0. The summed E-state index contributed by atoms with van der Waals surface area (Å²) >= 11 is 3.48. The molecule has 1 aromatic rings. The molecule has 0 spiro atoms. The van der Waals surface area contributed by atoms with Gasteiger partial charge >= 0.3 is 5.97 Å². The number of rotatable bonds is 4. The van der Waals surface area contributed by atoms with Crippen molar-refractivity contribution >= 4 is 27.6 Å². The minimum absolute atomic E-state index is 0.122. The van der Waals surface area contributed by atoms with E-state index in [-0.39, 0.29) is 5.97 Å². The third kappa shape index (κ3) is 3.79. The van der Waals surface area contributed by atoms with Crippen molar-refractivity contribution in [3.8, 4) is 0 Å². The van der Waals surface area contributed by atoms with Gasteiger partial charge in [0.1, 0.15) is 5.54 Å². The molecule has 1 aromatic carbocycles. The third-order valence-corrected chi connectivity index (χ3v) is 5.04. The average Bonchev–Trinajstić information content (AvgIpc) is 2.43. The molecule has 21 heavy (non-hydrogen) atoms. The first kappa shape index (κ1) is 16.3. The van der Waals surface area contributed by atoms with Crippen LogP contribution in [0.15, 0.2) is 28.7 Å². The Morgan fingerprint density at radius 1 is 1.43 bits per heavy atom. The molecule has 0 aliphatic heterocycles. The second-order valence-corrected chi connectivity index (χ2v) is 7.05. The Kier molecular flexibility index (Phi) is 5.31. The zero-order valence-corrected chi connectivity index (χ0v) is 14.6. The van der Waals surface area contributed by atoms with Crippen LogP contribution in [-0.2, 0) is 9.53 Å². The number of anilines is 1. The molecule has 0 saturated heterocycles. The number of esters is 1. The molecule has 3 nitrogen and oxygen atoms in total. The monoisotopic (exact) mass is 353 g/mol. The maximum Gasteiger partial charge on any atom is 0.331 e. The van der Waals surface area contributed by atoms with Crippen molar-refractivity contribution in [1.82, 2.24) is 0 Å². The van der Waals surface area contributed by atoms with Gasteiger partial charge in [0.05, 0.1) is 6.61 Å². The summed E-state index contributed by atoms with van der Waals surface area (Å²) < 4.78 is 6.36. The van der Waals surface area contributed by atoms with E-state index in [9.17, 15) is 4.79 Å². The van der Waals surface area contributed by atoms with Gasteiger partial charge in [0.15, 0.2) is 0 Å². The second-order valence-electron chi connectivity index (χ2n) is 6.14. The highest BCUT2D eigenvalue weighted by molar-refractivity contribution is 9.10. The lowest BCUT2D eigenvalue weighted by molar-refractivity contribution is -0.150. The summed E-state index contributed by atoms with van der Waals surface area (Å²) in [5.74, 6) is 1.03. The molecule has 4 heteroatoms. The summed E-state index contributed by atoms with van der Waals surface area (Å²) in [4.78, 5) is 12.6. The Balaban J connectivity index is 2.26. The van der Waals surface area contributed by atoms with Gasteiger partial charge in [-0.1, -0.05) is 35.8 Å². The standard InChI is InChI=1S/C17H24BrNO2/c1-4-21-16(20)17(9-8-12(2)13(3)11-17)19-15-7-5-6-14(18)10-15/h5-7,10,12-13,19H,4,8-9,11H2,1-3H3. The summed E-state index contributed by atoms with van der Waals surface area (Å²) in [5.41, 5.74) is 0.363. The van der Waals surface area contributed by atoms with Gasteiger partial charge in [-0.15, -0.1) is 0 Å². The van der Waals surface area contributed by atoms with Gasteiger partial charge in [-0.2, -0.15) is 0 Å². The first-order valence-corrected chi connectivity index (χ1v) is 8.47. The highest BCUT2D eigenvalue weighted by Gasteiger charge is 2.45. The molecule has 1 N–H and O–H groups in total. The third-order valence-electron chi connectivity index (χ3n) is 4.54. The number of carbonyl (C=O) groups is 1. The van der Waals surface area contributed by atoms with Crippen LogP contribution in [0.4, 0.5) is 5.69 Å². The molecule has 0 bridgehead atoms. The number of benzene rings is 1. The van der Waals surface area contributed by atoms with E-state index in [0.29, 0.717) is 18.4 Å².